The maximum Gasteiger partial charge on any atom is -0.00268 e. The van der Waals surface area contributed by atoms with Crippen LogP contribution >= 0.6 is 0 Å². The molecule has 8 rings (SSSR count). The molecule has 2 aliphatic rings. The van der Waals surface area contributed by atoms with Gasteiger partial charge in [0, 0.05) is 0 Å². The summed E-state index contributed by atoms with van der Waals surface area (Å²) < 4.78 is 0. The monoisotopic (exact) mass is 434 g/mol. The van der Waals surface area contributed by atoms with E-state index in [2.05, 4.69) is 109 Å². The highest BCUT2D eigenvalue weighted by Gasteiger charge is 2.20. The smallest absolute Gasteiger partial charge is 0.00268 e. The molecule has 0 saturated carbocycles. The third-order valence-electron chi connectivity index (χ3n) is 7.67. The summed E-state index contributed by atoms with van der Waals surface area (Å²) in [6, 6.07) is 35.3. The van der Waals surface area contributed by atoms with Crippen molar-refractivity contribution in [3.05, 3.63) is 126 Å². The molecule has 0 atom stereocenters. The van der Waals surface area contributed by atoms with Crippen LogP contribution in [0.2, 0.25) is 0 Å². The lowest BCUT2D eigenvalue weighted by molar-refractivity contribution is 0.904. The first-order valence-electron chi connectivity index (χ1n) is 12.4. The highest BCUT2D eigenvalue weighted by Crippen LogP contribution is 2.40. The van der Waals surface area contributed by atoms with Gasteiger partial charge >= 0.3 is 0 Å². The van der Waals surface area contributed by atoms with Crippen molar-refractivity contribution in [1.29, 1.82) is 0 Å². The third kappa shape index (κ3) is 3.06. The van der Waals surface area contributed by atoms with Crippen molar-refractivity contribution < 1.29 is 0 Å². The molecule has 0 unspecified atom stereocenters. The largest absolute Gasteiger partial charge is 0.0839 e. The summed E-state index contributed by atoms with van der Waals surface area (Å²) in [6.07, 6.45) is 9.50. The first-order valence-corrected chi connectivity index (χ1v) is 12.4. The molecule has 0 aromatic heterocycles. The van der Waals surface area contributed by atoms with Crippen LogP contribution in [0.15, 0.2) is 115 Å². The van der Waals surface area contributed by atoms with E-state index in [4.69, 9.17) is 0 Å². The van der Waals surface area contributed by atoms with Gasteiger partial charge in [-0.25, -0.2) is 0 Å². The van der Waals surface area contributed by atoms with Crippen molar-refractivity contribution in [1.82, 2.24) is 0 Å². The summed E-state index contributed by atoms with van der Waals surface area (Å²) in [7, 11) is 0. The second-order valence-corrected chi connectivity index (χ2v) is 9.55. The van der Waals surface area contributed by atoms with E-state index in [-0.39, 0.29) is 0 Å². The van der Waals surface area contributed by atoms with Gasteiger partial charge in [-0.05, 0) is 91.0 Å². The Morgan fingerprint density at radius 2 is 1.06 bits per heavy atom. The Kier molecular flexibility index (Phi) is 4.52. The summed E-state index contributed by atoms with van der Waals surface area (Å²) in [4.78, 5) is 0. The van der Waals surface area contributed by atoms with E-state index in [0.717, 1.165) is 0 Å². The Bertz CT molecular complexity index is 1620. The van der Waals surface area contributed by atoms with Crippen molar-refractivity contribution in [3.8, 4) is 0 Å². The number of fused-ring (bicyclic) bond motifs is 4. The van der Waals surface area contributed by atoms with Gasteiger partial charge in [-0.1, -0.05) is 109 Å². The SMILES string of the molecule is C1=CC2=C(CC1)c1ccc3ccccc3c1CC2.c1cc2ccc3cccc4ccc(c1)c2c34. The number of hydrogen-bond acceptors (Lipinski definition) is 0. The lowest BCUT2D eigenvalue weighted by Gasteiger charge is -2.25. The highest BCUT2D eigenvalue weighted by atomic mass is 14.2. The van der Waals surface area contributed by atoms with Crippen LogP contribution in [0.5, 0.6) is 0 Å². The lowest BCUT2D eigenvalue weighted by Crippen LogP contribution is -2.06. The molecule has 0 fully saturated rings. The molecule has 0 radical (unpaired) electrons. The molecule has 34 heavy (non-hydrogen) atoms. The summed E-state index contributed by atoms with van der Waals surface area (Å²) in [5.74, 6) is 0. The maximum absolute atomic E-state index is 2.34. The fourth-order valence-electron chi connectivity index (χ4n) is 6.07. The number of rotatable bonds is 0. The molecule has 0 heterocycles. The number of aryl methyl sites for hydroxylation is 1. The number of benzene rings is 6. The Morgan fingerprint density at radius 1 is 0.471 bits per heavy atom. The van der Waals surface area contributed by atoms with E-state index >= 15 is 0 Å². The average molecular weight is 435 g/mol. The fraction of sp³-hybridized carbons (Fsp3) is 0.118. The standard InChI is InChI=1S/C18H16.C16H10/c1-3-7-15-13(5-1)9-11-18-16-8-4-2-6-14(16)10-12-17(15)18;1-3-11-7-9-13-5-2-6-14-10-8-12(4-1)15(11)16(13)14/h1-3,5-7,9,11H,4,8,10,12H2;1-10H. The van der Waals surface area contributed by atoms with Crippen molar-refractivity contribution >= 4 is 48.7 Å². The van der Waals surface area contributed by atoms with Gasteiger partial charge in [0.25, 0.3) is 0 Å². The molecule has 0 amide bonds. The molecule has 0 nitrogen and oxygen atoms in total. The average Bonchev–Trinajstić information content (AvgIpc) is 2.92. The Morgan fingerprint density at radius 3 is 1.74 bits per heavy atom. The summed E-state index contributed by atoms with van der Waals surface area (Å²) in [6.45, 7) is 0. The van der Waals surface area contributed by atoms with Crippen LogP contribution in [0.3, 0.4) is 0 Å². The van der Waals surface area contributed by atoms with Gasteiger partial charge < -0.3 is 0 Å². The van der Waals surface area contributed by atoms with Crippen molar-refractivity contribution in [2.45, 2.75) is 25.7 Å². The minimum Gasteiger partial charge on any atom is -0.0839 e. The maximum atomic E-state index is 2.34. The Hall–Kier alpha value is -3.90. The first kappa shape index (κ1) is 19.6. The highest BCUT2D eigenvalue weighted by molar-refractivity contribution is 6.22. The van der Waals surface area contributed by atoms with E-state index in [1.807, 2.05) is 0 Å². The van der Waals surface area contributed by atoms with Gasteiger partial charge in [-0.15, -0.1) is 0 Å². The zero-order valence-electron chi connectivity index (χ0n) is 19.2. The fourth-order valence-corrected chi connectivity index (χ4v) is 6.07. The van der Waals surface area contributed by atoms with Gasteiger partial charge in [-0.2, -0.15) is 0 Å². The van der Waals surface area contributed by atoms with Crippen LogP contribution < -0.4 is 0 Å². The van der Waals surface area contributed by atoms with E-state index in [1.54, 1.807) is 16.7 Å². The number of allylic oxidation sites excluding steroid dienone is 4. The topological polar surface area (TPSA) is 0 Å². The van der Waals surface area contributed by atoms with Crippen LogP contribution in [0.1, 0.15) is 30.4 Å². The van der Waals surface area contributed by atoms with E-state index < -0.39 is 0 Å². The second kappa shape index (κ2) is 7.85. The third-order valence-corrected chi connectivity index (χ3v) is 7.67. The first-order chi connectivity index (χ1) is 16.9. The molecule has 0 saturated heterocycles. The predicted octanol–water partition coefficient (Wildman–Crippen LogP) is 9.47. The van der Waals surface area contributed by atoms with Crippen molar-refractivity contribution in [2.75, 3.05) is 0 Å². The summed E-state index contributed by atoms with van der Waals surface area (Å²) in [5.41, 5.74) is 6.26. The predicted molar refractivity (Wildman–Crippen MR) is 148 cm³/mol. The molecule has 162 valence electrons. The zero-order chi connectivity index (χ0) is 22.5. The van der Waals surface area contributed by atoms with Crippen LogP contribution in [0.4, 0.5) is 0 Å². The normalized spacial score (nSPS) is 14.9. The molecule has 0 spiro atoms. The molecule has 0 heteroatoms. The molecular weight excluding hydrogens is 408 g/mol. The van der Waals surface area contributed by atoms with Gasteiger partial charge in [0.2, 0.25) is 0 Å². The quantitative estimate of drug-likeness (QED) is 0.209. The van der Waals surface area contributed by atoms with Crippen LogP contribution in [-0.4, -0.2) is 0 Å². The van der Waals surface area contributed by atoms with Gasteiger partial charge in [0.1, 0.15) is 0 Å². The van der Waals surface area contributed by atoms with Gasteiger partial charge in [0.15, 0.2) is 0 Å². The molecule has 2 aliphatic carbocycles. The van der Waals surface area contributed by atoms with Crippen LogP contribution in [-0.2, 0) is 6.42 Å². The summed E-state index contributed by atoms with van der Waals surface area (Å²) in [5, 5.41) is 11.0. The molecule has 0 bridgehead atoms. The van der Waals surface area contributed by atoms with Gasteiger partial charge in [-0.3, -0.25) is 0 Å². The van der Waals surface area contributed by atoms with Crippen molar-refractivity contribution in [3.63, 3.8) is 0 Å². The van der Waals surface area contributed by atoms with Crippen LogP contribution in [0.25, 0.3) is 48.7 Å². The van der Waals surface area contributed by atoms with Gasteiger partial charge in [0.05, 0.1) is 0 Å². The molecule has 6 aromatic rings. The Labute approximate surface area is 200 Å². The van der Waals surface area contributed by atoms with E-state index in [0.29, 0.717) is 0 Å². The molecule has 0 aliphatic heterocycles. The molecule has 6 aromatic carbocycles. The number of hydrogen-bond donors (Lipinski definition) is 0. The minimum atomic E-state index is 1.19. The Balaban J connectivity index is 0.000000118. The van der Waals surface area contributed by atoms with Crippen LogP contribution in [0, 0.1) is 0 Å². The van der Waals surface area contributed by atoms with E-state index in [9.17, 15) is 0 Å². The molecule has 0 N–H and O–H groups in total. The summed E-state index contributed by atoms with van der Waals surface area (Å²) >= 11 is 0. The van der Waals surface area contributed by atoms with E-state index in [1.165, 1.54) is 74.3 Å². The zero-order valence-corrected chi connectivity index (χ0v) is 19.2. The molecular formula is C34H26. The van der Waals surface area contributed by atoms with Crippen molar-refractivity contribution in [2.24, 2.45) is 0 Å². The second-order valence-electron chi connectivity index (χ2n) is 9.55. The minimum absolute atomic E-state index is 1.19. The lowest BCUT2D eigenvalue weighted by atomic mass is 9.79.